The Morgan fingerprint density at radius 3 is 1.43 bits per heavy atom. The van der Waals surface area contributed by atoms with Gasteiger partial charge < -0.3 is 20.0 Å². The fourth-order valence-corrected chi connectivity index (χ4v) is 2.80. The predicted octanol–water partition coefficient (Wildman–Crippen LogP) is 2.35. The molecule has 4 nitrogen and oxygen atoms in total. The lowest BCUT2D eigenvalue weighted by Crippen LogP contribution is -2.31. The Kier molecular flexibility index (Phi) is 16.1. The van der Waals surface area contributed by atoms with Crippen LogP contribution in [0.5, 0.6) is 0 Å². The SMILES string of the molecule is CC.OCCCN1CCCCC1.OCCN1CCCCC1. The van der Waals surface area contributed by atoms with Crippen molar-refractivity contribution >= 4 is 0 Å². The highest BCUT2D eigenvalue weighted by atomic mass is 16.3. The number of hydrogen-bond donors (Lipinski definition) is 2. The first-order valence-electron chi connectivity index (χ1n) is 9.03. The van der Waals surface area contributed by atoms with Crippen LogP contribution in [-0.4, -0.2) is 72.5 Å². The van der Waals surface area contributed by atoms with Crippen LogP contribution < -0.4 is 0 Å². The summed E-state index contributed by atoms with van der Waals surface area (Å²) in [5.74, 6) is 0. The van der Waals surface area contributed by atoms with Crippen LogP contribution in [0.4, 0.5) is 0 Å². The Labute approximate surface area is 132 Å². The third kappa shape index (κ3) is 12.1. The Morgan fingerprint density at radius 1 is 0.619 bits per heavy atom. The van der Waals surface area contributed by atoms with E-state index >= 15 is 0 Å². The molecule has 0 aliphatic carbocycles. The molecule has 2 heterocycles. The van der Waals surface area contributed by atoms with Gasteiger partial charge in [0, 0.05) is 19.7 Å². The van der Waals surface area contributed by atoms with Gasteiger partial charge in [-0.05, 0) is 58.3 Å². The van der Waals surface area contributed by atoms with Crippen LogP contribution in [-0.2, 0) is 0 Å². The lowest BCUT2D eigenvalue weighted by Gasteiger charge is -2.25. The molecular weight excluding hydrogens is 264 g/mol. The number of aliphatic hydroxyl groups is 2. The number of likely N-dealkylation sites (tertiary alicyclic amines) is 2. The standard InChI is InChI=1S/C8H17NO.C7H15NO.C2H6/c10-8-4-7-9-5-2-1-3-6-9;9-7-6-8-4-2-1-3-5-8;1-2/h10H,1-8H2;9H,1-7H2;1-2H3. The molecule has 21 heavy (non-hydrogen) atoms. The molecule has 0 unspecified atom stereocenters. The average molecular weight is 303 g/mol. The van der Waals surface area contributed by atoms with E-state index in [1.165, 1.54) is 64.7 Å². The quantitative estimate of drug-likeness (QED) is 0.818. The van der Waals surface area contributed by atoms with E-state index in [2.05, 4.69) is 9.80 Å². The smallest absolute Gasteiger partial charge is 0.0558 e. The van der Waals surface area contributed by atoms with Crippen molar-refractivity contribution in [2.45, 2.75) is 58.8 Å². The van der Waals surface area contributed by atoms with Gasteiger partial charge in [0.2, 0.25) is 0 Å². The summed E-state index contributed by atoms with van der Waals surface area (Å²) < 4.78 is 0. The van der Waals surface area contributed by atoms with Crippen molar-refractivity contribution in [2.24, 2.45) is 0 Å². The zero-order valence-electron chi connectivity index (χ0n) is 14.4. The van der Waals surface area contributed by atoms with Gasteiger partial charge in [-0.25, -0.2) is 0 Å². The molecule has 2 rings (SSSR count). The van der Waals surface area contributed by atoms with E-state index in [1.54, 1.807) is 0 Å². The third-order valence-corrected chi connectivity index (χ3v) is 3.95. The van der Waals surface area contributed by atoms with Crippen molar-refractivity contribution in [1.29, 1.82) is 0 Å². The minimum atomic E-state index is 0.319. The molecule has 4 heteroatoms. The Hall–Kier alpha value is -0.160. The van der Waals surface area contributed by atoms with E-state index in [0.717, 1.165) is 19.5 Å². The highest BCUT2D eigenvalue weighted by Gasteiger charge is 2.08. The molecule has 0 aromatic rings. The lowest BCUT2D eigenvalue weighted by molar-refractivity contribution is 0.173. The molecule has 2 saturated heterocycles. The van der Waals surface area contributed by atoms with E-state index in [4.69, 9.17) is 10.2 Å². The highest BCUT2D eigenvalue weighted by Crippen LogP contribution is 2.08. The van der Waals surface area contributed by atoms with Crippen LogP contribution in [0.15, 0.2) is 0 Å². The van der Waals surface area contributed by atoms with Gasteiger partial charge in [-0.3, -0.25) is 0 Å². The molecular formula is C17H38N2O2. The zero-order valence-corrected chi connectivity index (χ0v) is 14.4. The van der Waals surface area contributed by atoms with Crippen molar-refractivity contribution in [2.75, 3.05) is 52.5 Å². The van der Waals surface area contributed by atoms with Crippen molar-refractivity contribution in [3.05, 3.63) is 0 Å². The maximum Gasteiger partial charge on any atom is 0.0558 e. The van der Waals surface area contributed by atoms with E-state index in [9.17, 15) is 0 Å². The van der Waals surface area contributed by atoms with Crippen molar-refractivity contribution in [3.63, 3.8) is 0 Å². The Balaban J connectivity index is 0.000000342. The molecule has 0 atom stereocenters. The fraction of sp³-hybridized carbons (Fsp3) is 1.00. The summed E-state index contributed by atoms with van der Waals surface area (Å²) in [6.45, 7) is 11.5. The summed E-state index contributed by atoms with van der Waals surface area (Å²) in [4.78, 5) is 4.77. The van der Waals surface area contributed by atoms with E-state index in [0.29, 0.717) is 13.2 Å². The highest BCUT2D eigenvalue weighted by molar-refractivity contribution is 4.64. The molecule has 0 radical (unpaired) electrons. The van der Waals surface area contributed by atoms with Gasteiger partial charge in [0.1, 0.15) is 0 Å². The minimum absolute atomic E-state index is 0.319. The molecule has 0 bridgehead atoms. The van der Waals surface area contributed by atoms with Crippen molar-refractivity contribution in [3.8, 4) is 0 Å². The normalized spacial score (nSPS) is 20.0. The van der Waals surface area contributed by atoms with Gasteiger partial charge in [-0.15, -0.1) is 0 Å². The molecule has 0 aromatic heterocycles. The third-order valence-electron chi connectivity index (χ3n) is 3.95. The second-order valence-electron chi connectivity index (χ2n) is 5.61. The van der Waals surface area contributed by atoms with E-state index in [1.807, 2.05) is 13.8 Å². The van der Waals surface area contributed by atoms with E-state index in [-0.39, 0.29) is 0 Å². The average Bonchev–Trinajstić information content (AvgIpc) is 2.58. The summed E-state index contributed by atoms with van der Waals surface area (Å²) >= 11 is 0. The topological polar surface area (TPSA) is 46.9 Å². The molecule has 2 N–H and O–H groups in total. The molecule has 0 aromatic carbocycles. The van der Waals surface area contributed by atoms with Gasteiger partial charge in [-0.2, -0.15) is 0 Å². The maximum absolute atomic E-state index is 8.58. The zero-order chi connectivity index (χ0) is 15.8. The van der Waals surface area contributed by atoms with Crippen LogP contribution >= 0.6 is 0 Å². The molecule has 2 aliphatic rings. The second-order valence-corrected chi connectivity index (χ2v) is 5.61. The van der Waals surface area contributed by atoms with Crippen LogP contribution in [0.3, 0.4) is 0 Å². The van der Waals surface area contributed by atoms with Crippen molar-refractivity contribution in [1.82, 2.24) is 9.80 Å². The van der Waals surface area contributed by atoms with E-state index < -0.39 is 0 Å². The van der Waals surface area contributed by atoms with Crippen LogP contribution in [0.25, 0.3) is 0 Å². The first-order chi connectivity index (χ1) is 10.4. The molecule has 0 spiro atoms. The largest absolute Gasteiger partial charge is 0.396 e. The van der Waals surface area contributed by atoms with Gasteiger partial charge in [0.25, 0.3) is 0 Å². The number of hydrogen-bond acceptors (Lipinski definition) is 4. The first-order valence-corrected chi connectivity index (χ1v) is 9.03. The van der Waals surface area contributed by atoms with Gasteiger partial charge in [0.15, 0.2) is 0 Å². The molecule has 2 fully saturated rings. The summed E-state index contributed by atoms with van der Waals surface area (Å²) in [6, 6.07) is 0. The predicted molar refractivity (Wildman–Crippen MR) is 90.7 cm³/mol. The fourth-order valence-electron chi connectivity index (χ4n) is 2.80. The van der Waals surface area contributed by atoms with Crippen LogP contribution in [0.2, 0.25) is 0 Å². The number of β-amino-alcohol motifs (C(OH)–C–C–N with tert-alkyl or cyclic N) is 1. The Bertz CT molecular complexity index is 188. The lowest BCUT2D eigenvalue weighted by atomic mass is 10.1. The maximum atomic E-state index is 8.58. The van der Waals surface area contributed by atoms with Gasteiger partial charge >= 0.3 is 0 Å². The monoisotopic (exact) mass is 302 g/mol. The second kappa shape index (κ2) is 16.2. The number of piperidine rings is 2. The Morgan fingerprint density at radius 2 is 1.05 bits per heavy atom. The minimum Gasteiger partial charge on any atom is -0.396 e. The number of nitrogens with zero attached hydrogens (tertiary/aromatic N) is 2. The van der Waals surface area contributed by atoms with Gasteiger partial charge in [0.05, 0.1) is 6.61 Å². The molecule has 2 aliphatic heterocycles. The number of rotatable bonds is 5. The number of aliphatic hydroxyl groups excluding tert-OH is 2. The van der Waals surface area contributed by atoms with Crippen LogP contribution in [0, 0.1) is 0 Å². The molecule has 128 valence electrons. The van der Waals surface area contributed by atoms with Crippen molar-refractivity contribution < 1.29 is 10.2 Å². The first kappa shape index (κ1) is 20.8. The molecule has 0 amide bonds. The van der Waals surface area contributed by atoms with Gasteiger partial charge in [-0.1, -0.05) is 26.7 Å². The summed E-state index contributed by atoms with van der Waals surface area (Å²) in [5.41, 5.74) is 0. The summed E-state index contributed by atoms with van der Waals surface area (Å²) in [5, 5.41) is 17.1. The molecule has 0 saturated carbocycles. The summed E-state index contributed by atoms with van der Waals surface area (Å²) in [6.07, 6.45) is 9.06. The summed E-state index contributed by atoms with van der Waals surface area (Å²) in [7, 11) is 0. The van der Waals surface area contributed by atoms with Crippen LogP contribution in [0.1, 0.15) is 58.8 Å².